The molecule has 2 aromatic carbocycles. The maximum absolute atomic E-state index is 11.3. The highest BCUT2D eigenvalue weighted by molar-refractivity contribution is 5.62. The van der Waals surface area contributed by atoms with E-state index in [9.17, 15) is 10.1 Å². The zero-order valence-corrected chi connectivity index (χ0v) is 14.7. The van der Waals surface area contributed by atoms with Crippen LogP contribution in [0.15, 0.2) is 42.5 Å². The van der Waals surface area contributed by atoms with Crippen molar-refractivity contribution in [3.8, 4) is 5.75 Å². The number of nitrogens with zero attached hydrogens (tertiary/aromatic N) is 1. The van der Waals surface area contributed by atoms with Crippen molar-refractivity contribution in [1.29, 1.82) is 0 Å². The second-order valence-corrected chi connectivity index (χ2v) is 7.86. The molecule has 1 aliphatic heterocycles. The molecule has 5 nitrogen and oxygen atoms in total. The molecule has 5 rings (SSSR count). The molecule has 2 bridgehead atoms. The molecule has 2 aliphatic carbocycles. The minimum Gasteiger partial charge on any atom is -0.497 e. The first-order valence-corrected chi connectivity index (χ1v) is 9.34. The van der Waals surface area contributed by atoms with Gasteiger partial charge in [0.15, 0.2) is 0 Å². The van der Waals surface area contributed by atoms with Gasteiger partial charge in [0.1, 0.15) is 5.75 Å². The second kappa shape index (κ2) is 5.73. The van der Waals surface area contributed by atoms with Gasteiger partial charge >= 0.3 is 0 Å². The topological polar surface area (TPSA) is 64.4 Å². The maximum Gasteiger partial charge on any atom is 0.269 e. The first-order valence-electron chi connectivity index (χ1n) is 9.34. The lowest BCUT2D eigenvalue weighted by atomic mass is 9.68. The van der Waals surface area contributed by atoms with Crippen LogP contribution >= 0.6 is 0 Å². The number of hydrogen-bond acceptors (Lipinski definition) is 4. The Kier molecular flexibility index (Phi) is 3.45. The van der Waals surface area contributed by atoms with E-state index in [-0.39, 0.29) is 16.7 Å². The molecule has 0 spiro atoms. The average molecular weight is 350 g/mol. The summed E-state index contributed by atoms with van der Waals surface area (Å²) in [7, 11) is 1.70. The molecule has 3 aliphatic rings. The molecule has 1 heterocycles. The van der Waals surface area contributed by atoms with Crippen molar-refractivity contribution < 1.29 is 9.66 Å². The lowest BCUT2D eigenvalue weighted by Crippen LogP contribution is -2.35. The van der Waals surface area contributed by atoms with E-state index in [1.165, 1.54) is 24.8 Å². The summed E-state index contributed by atoms with van der Waals surface area (Å²) in [6, 6.07) is 13.9. The number of rotatable bonds is 3. The third-order valence-electron chi connectivity index (χ3n) is 6.73. The summed E-state index contributed by atoms with van der Waals surface area (Å²) in [4.78, 5) is 11.0. The summed E-state index contributed by atoms with van der Waals surface area (Å²) in [6.07, 6.45) is 3.77. The van der Waals surface area contributed by atoms with E-state index < -0.39 is 0 Å². The Morgan fingerprint density at radius 1 is 1.15 bits per heavy atom. The number of anilines is 1. The van der Waals surface area contributed by atoms with Gasteiger partial charge in [-0.05, 0) is 72.3 Å². The zero-order chi connectivity index (χ0) is 17.8. The minimum absolute atomic E-state index is 0.201. The van der Waals surface area contributed by atoms with Crippen molar-refractivity contribution in [2.75, 3.05) is 12.4 Å². The van der Waals surface area contributed by atoms with E-state index in [0.717, 1.165) is 17.0 Å². The molecule has 134 valence electrons. The zero-order valence-electron chi connectivity index (χ0n) is 14.7. The molecule has 2 aromatic rings. The van der Waals surface area contributed by atoms with Crippen molar-refractivity contribution in [2.24, 2.45) is 17.8 Å². The second-order valence-electron chi connectivity index (χ2n) is 7.86. The number of ether oxygens (including phenoxy) is 1. The lowest BCUT2D eigenvalue weighted by molar-refractivity contribution is -0.384. The van der Waals surface area contributed by atoms with Gasteiger partial charge in [-0.25, -0.2) is 0 Å². The average Bonchev–Trinajstić information content (AvgIpc) is 3.29. The molecule has 5 atom stereocenters. The standard InChI is InChI=1S/C21H22N2O3/c1-26-16-4-2-3-14(10-16)21-20-13-6-5-12(9-13)19(20)17-11-15(23(24)25)7-8-18(17)22-21/h2-4,7-8,10-13,19-22H,5-6,9H2,1H3/t12-,13-,19+,20+,21-/m0/s1. The number of benzene rings is 2. The number of hydrogen-bond donors (Lipinski definition) is 1. The molecule has 0 amide bonds. The summed E-state index contributed by atoms with van der Waals surface area (Å²) < 4.78 is 5.43. The Bertz CT molecular complexity index is 881. The molecule has 5 heteroatoms. The number of fused-ring (bicyclic) bond motifs is 7. The van der Waals surface area contributed by atoms with Crippen molar-refractivity contribution in [3.63, 3.8) is 0 Å². The van der Waals surface area contributed by atoms with Crippen molar-refractivity contribution in [2.45, 2.75) is 31.2 Å². The lowest BCUT2D eigenvalue weighted by Gasteiger charge is -2.43. The molecule has 0 aromatic heterocycles. The Hall–Kier alpha value is -2.56. The van der Waals surface area contributed by atoms with Gasteiger partial charge < -0.3 is 10.1 Å². The highest BCUT2D eigenvalue weighted by Gasteiger charge is 2.54. The molecule has 0 radical (unpaired) electrons. The first-order chi connectivity index (χ1) is 12.7. The van der Waals surface area contributed by atoms with Crippen LogP contribution in [0.25, 0.3) is 0 Å². The van der Waals surface area contributed by atoms with E-state index in [1.807, 2.05) is 24.3 Å². The highest BCUT2D eigenvalue weighted by atomic mass is 16.6. The number of non-ortho nitro benzene ring substituents is 1. The summed E-state index contributed by atoms with van der Waals surface area (Å²) in [6.45, 7) is 0. The van der Waals surface area contributed by atoms with Gasteiger partial charge in [-0.3, -0.25) is 10.1 Å². The van der Waals surface area contributed by atoms with E-state index >= 15 is 0 Å². The van der Waals surface area contributed by atoms with Crippen LogP contribution in [0.5, 0.6) is 5.75 Å². The van der Waals surface area contributed by atoms with Crippen LogP contribution in [0.2, 0.25) is 0 Å². The normalized spacial score (nSPS) is 31.0. The van der Waals surface area contributed by atoms with Gasteiger partial charge in [0.2, 0.25) is 0 Å². The predicted octanol–water partition coefficient (Wildman–Crippen LogP) is 4.90. The predicted molar refractivity (Wildman–Crippen MR) is 99.5 cm³/mol. The molecule has 1 N–H and O–H groups in total. The van der Waals surface area contributed by atoms with Crippen LogP contribution < -0.4 is 10.1 Å². The summed E-state index contributed by atoms with van der Waals surface area (Å²) >= 11 is 0. The molecular formula is C21H22N2O3. The largest absolute Gasteiger partial charge is 0.497 e. The van der Waals surface area contributed by atoms with Gasteiger partial charge in [-0.2, -0.15) is 0 Å². The number of methoxy groups -OCH3 is 1. The fourth-order valence-corrected chi connectivity index (χ4v) is 5.75. The van der Waals surface area contributed by atoms with Gasteiger partial charge in [0.25, 0.3) is 5.69 Å². The van der Waals surface area contributed by atoms with E-state index in [4.69, 9.17) is 4.74 Å². The Morgan fingerprint density at radius 2 is 2.00 bits per heavy atom. The Morgan fingerprint density at radius 3 is 2.81 bits per heavy atom. The molecule has 0 unspecified atom stereocenters. The van der Waals surface area contributed by atoms with Crippen LogP contribution in [0.1, 0.15) is 42.3 Å². The monoisotopic (exact) mass is 350 g/mol. The van der Waals surface area contributed by atoms with Crippen molar-refractivity contribution in [3.05, 3.63) is 63.7 Å². The number of nitro benzene ring substituents is 1. The summed E-state index contributed by atoms with van der Waals surface area (Å²) in [5.41, 5.74) is 3.65. The summed E-state index contributed by atoms with van der Waals surface area (Å²) in [5, 5.41) is 15.0. The smallest absolute Gasteiger partial charge is 0.269 e. The van der Waals surface area contributed by atoms with E-state index in [1.54, 1.807) is 13.2 Å². The van der Waals surface area contributed by atoms with Crippen molar-refractivity contribution >= 4 is 11.4 Å². The van der Waals surface area contributed by atoms with Crippen LogP contribution in [0.4, 0.5) is 11.4 Å². The van der Waals surface area contributed by atoms with Crippen molar-refractivity contribution in [1.82, 2.24) is 0 Å². The van der Waals surface area contributed by atoms with Gasteiger partial charge in [-0.1, -0.05) is 12.1 Å². The molecule has 2 saturated carbocycles. The number of nitro groups is 1. The first kappa shape index (κ1) is 15.7. The molecular weight excluding hydrogens is 328 g/mol. The van der Waals surface area contributed by atoms with Crippen LogP contribution in [-0.4, -0.2) is 12.0 Å². The minimum atomic E-state index is -0.281. The van der Waals surface area contributed by atoms with Gasteiger partial charge in [0.05, 0.1) is 18.1 Å². The molecule has 26 heavy (non-hydrogen) atoms. The molecule has 2 fully saturated rings. The van der Waals surface area contributed by atoms with Gasteiger partial charge in [-0.15, -0.1) is 0 Å². The fourth-order valence-electron chi connectivity index (χ4n) is 5.75. The quantitative estimate of drug-likeness (QED) is 0.632. The third kappa shape index (κ3) is 2.23. The van der Waals surface area contributed by atoms with Crippen LogP contribution in [0, 0.1) is 27.9 Å². The van der Waals surface area contributed by atoms with Crippen LogP contribution in [-0.2, 0) is 0 Å². The summed E-state index contributed by atoms with van der Waals surface area (Å²) in [5.74, 6) is 3.14. The number of nitrogens with one attached hydrogen (secondary N) is 1. The molecule has 0 saturated heterocycles. The van der Waals surface area contributed by atoms with Crippen LogP contribution in [0.3, 0.4) is 0 Å². The fraction of sp³-hybridized carbons (Fsp3) is 0.429. The van der Waals surface area contributed by atoms with E-state index in [2.05, 4.69) is 17.4 Å². The maximum atomic E-state index is 11.3. The van der Waals surface area contributed by atoms with E-state index in [0.29, 0.717) is 23.7 Å². The SMILES string of the molecule is COc1cccc([C@@H]2Nc3ccc([N+](=O)[O-])cc3[C@H]3[C@H]4CC[C@@H](C4)[C@H]32)c1. The Balaban J connectivity index is 1.62. The highest BCUT2D eigenvalue weighted by Crippen LogP contribution is 2.64. The third-order valence-corrected chi connectivity index (χ3v) is 6.73. The Labute approximate surface area is 152 Å². The van der Waals surface area contributed by atoms with Gasteiger partial charge in [0, 0.05) is 17.8 Å².